The van der Waals surface area contributed by atoms with Crippen LogP contribution in [-0.4, -0.2) is 19.1 Å². The van der Waals surface area contributed by atoms with Gasteiger partial charge in [0.25, 0.3) is 0 Å². The van der Waals surface area contributed by atoms with E-state index in [1.54, 1.807) is 0 Å². The van der Waals surface area contributed by atoms with Crippen molar-refractivity contribution < 1.29 is 9.53 Å². The van der Waals surface area contributed by atoms with Gasteiger partial charge in [0.15, 0.2) is 0 Å². The van der Waals surface area contributed by atoms with E-state index < -0.39 is 0 Å². The summed E-state index contributed by atoms with van der Waals surface area (Å²) in [6.07, 6.45) is 0.797. The fourth-order valence-electron chi connectivity index (χ4n) is 2.05. The van der Waals surface area contributed by atoms with Crippen molar-refractivity contribution in [2.45, 2.75) is 34.1 Å². The second-order valence-electron chi connectivity index (χ2n) is 6.28. The first-order chi connectivity index (χ1) is 9.92. The van der Waals surface area contributed by atoms with Crippen LogP contribution < -0.4 is 15.8 Å². The Morgan fingerprint density at radius 3 is 2.52 bits per heavy atom. The molecule has 0 aliphatic rings. The molecular formula is C17H28N2O2. The van der Waals surface area contributed by atoms with Gasteiger partial charge in [0.2, 0.25) is 5.91 Å². The molecule has 4 heteroatoms. The lowest BCUT2D eigenvalue weighted by Crippen LogP contribution is -2.30. The molecule has 1 rings (SSSR count). The summed E-state index contributed by atoms with van der Waals surface area (Å²) < 4.78 is 5.67. The normalized spacial score (nSPS) is 12.5. The third-order valence-corrected chi connectivity index (χ3v) is 3.10. The smallest absolute Gasteiger partial charge is 0.228 e. The molecule has 4 nitrogen and oxygen atoms in total. The van der Waals surface area contributed by atoms with Gasteiger partial charge in [0.1, 0.15) is 5.75 Å². The van der Waals surface area contributed by atoms with Gasteiger partial charge in [-0.15, -0.1) is 0 Å². The predicted octanol–water partition coefficient (Wildman–Crippen LogP) is 3.28. The molecule has 0 fully saturated rings. The number of nitrogens with one attached hydrogen (secondary N) is 1. The molecule has 0 heterocycles. The Labute approximate surface area is 128 Å². The lowest BCUT2D eigenvalue weighted by Gasteiger charge is -2.17. The third kappa shape index (κ3) is 6.63. The van der Waals surface area contributed by atoms with Crippen molar-refractivity contribution in [1.82, 2.24) is 0 Å². The van der Waals surface area contributed by atoms with Crippen molar-refractivity contribution >= 4 is 11.6 Å². The summed E-state index contributed by atoms with van der Waals surface area (Å²) in [6, 6.07) is 7.49. The molecular weight excluding hydrogens is 264 g/mol. The molecule has 0 radical (unpaired) electrons. The number of benzene rings is 1. The van der Waals surface area contributed by atoms with Gasteiger partial charge in [-0.2, -0.15) is 0 Å². The molecule has 1 aromatic carbocycles. The van der Waals surface area contributed by atoms with Crippen LogP contribution in [-0.2, 0) is 4.79 Å². The predicted molar refractivity (Wildman–Crippen MR) is 87.4 cm³/mol. The highest BCUT2D eigenvalue weighted by Crippen LogP contribution is 2.20. The highest BCUT2D eigenvalue weighted by Gasteiger charge is 2.18. The van der Waals surface area contributed by atoms with Gasteiger partial charge < -0.3 is 15.8 Å². The van der Waals surface area contributed by atoms with E-state index in [-0.39, 0.29) is 11.8 Å². The Morgan fingerprint density at radius 2 is 1.95 bits per heavy atom. The Morgan fingerprint density at radius 1 is 1.24 bits per heavy atom. The number of amides is 1. The van der Waals surface area contributed by atoms with E-state index in [4.69, 9.17) is 10.5 Å². The van der Waals surface area contributed by atoms with Crippen LogP contribution in [0.15, 0.2) is 24.3 Å². The maximum atomic E-state index is 12.2. The van der Waals surface area contributed by atoms with E-state index in [0.29, 0.717) is 25.0 Å². The quantitative estimate of drug-likeness (QED) is 0.773. The molecule has 3 N–H and O–H groups in total. The monoisotopic (exact) mass is 292 g/mol. The Kier molecular flexibility index (Phi) is 7.23. The van der Waals surface area contributed by atoms with Crippen molar-refractivity contribution in [3.8, 4) is 5.75 Å². The Hall–Kier alpha value is -1.55. The maximum absolute atomic E-state index is 12.2. The number of ether oxygens (including phenoxy) is 1. The van der Waals surface area contributed by atoms with Crippen molar-refractivity contribution in [1.29, 1.82) is 0 Å². The van der Waals surface area contributed by atoms with Gasteiger partial charge in [-0.3, -0.25) is 4.79 Å². The minimum atomic E-state index is -0.148. The first-order valence-electron chi connectivity index (χ1n) is 7.66. The van der Waals surface area contributed by atoms with Crippen LogP contribution >= 0.6 is 0 Å². The number of hydrogen-bond donors (Lipinski definition) is 2. The molecule has 1 aromatic rings. The van der Waals surface area contributed by atoms with Crippen LogP contribution in [0.3, 0.4) is 0 Å². The fourth-order valence-corrected chi connectivity index (χ4v) is 2.05. The molecule has 0 aromatic heterocycles. The van der Waals surface area contributed by atoms with Gasteiger partial charge in [-0.05, 0) is 30.4 Å². The average molecular weight is 292 g/mol. The second-order valence-corrected chi connectivity index (χ2v) is 6.28. The largest absolute Gasteiger partial charge is 0.493 e. The summed E-state index contributed by atoms with van der Waals surface area (Å²) in [7, 11) is 0. The molecule has 0 saturated carbocycles. The molecule has 1 amide bonds. The van der Waals surface area contributed by atoms with E-state index in [1.807, 2.05) is 24.3 Å². The summed E-state index contributed by atoms with van der Waals surface area (Å²) in [6.45, 7) is 9.42. The Bertz CT molecular complexity index is 444. The summed E-state index contributed by atoms with van der Waals surface area (Å²) in [4.78, 5) is 12.2. The number of anilines is 1. The van der Waals surface area contributed by atoms with Crippen LogP contribution in [0, 0.1) is 17.8 Å². The van der Waals surface area contributed by atoms with Crippen molar-refractivity contribution in [2.24, 2.45) is 23.5 Å². The molecule has 21 heavy (non-hydrogen) atoms. The van der Waals surface area contributed by atoms with Gasteiger partial charge in [0, 0.05) is 18.3 Å². The lowest BCUT2D eigenvalue weighted by atomic mass is 9.96. The van der Waals surface area contributed by atoms with Crippen LogP contribution in [0.5, 0.6) is 5.75 Å². The van der Waals surface area contributed by atoms with Crippen LogP contribution in [0.25, 0.3) is 0 Å². The molecule has 0 spiro atoms. The summed E-state index contributed by atoms with van der Waals surface area (Å²) >= 11 is 0. The number of hydrogen-bond acceptors (Lipinski definition) is 3. The van der Waals surface area contributed by atoms with Crippen LogP contribution in [0.4, 0.5) is 5.69 Å². The standard InChI is InChI=1S/C17H28N2O2/c1-12(2)8-14(10-18)17(20)19-15-6-5-7-16(9-15)21-11-13(3)4/h5-7,9,12-14H,8,10-11,18H2,1-4H3,(H,19,20). The zero-order chi connectivity index (χ0) is 15.8. The van der Waals surface area contributed by atoms with Gasteiger partial charge in [0.05, 0.1) is 12.5 Å². The van der Waals surface area contributed by atoms with E-state index in [1.165, 1.54) is 0 Å². The van der Waals surface area contributed by atoms with E-state index in [9.17, 15) is 4.79 Å². The van der Waals surface area contributed by atoms with Crippen LogP contribution in [0.1, 0.15) is 34.1 Å². The van der Waals surface area contributed by atoms with E-state index in [2.05, 4.69) is 33.0 Å². The average Bonchev–Trinajstić information content (AvgIpc) is 2.42. The Balaban J connectivity index is 2.64. The summed E-state index contributed by atoms with van der Waals surface area (Å²) in [5, 5.41) is 2.93. The minimum absolute atomic E-state index is 0.0211. The molecule has 0 saturated heterocycles. The molecule has 0 aliphatic heterocycles. The van der Waals surface area contributed by atoms with E-state index in [0.717, 1.165) is 17.9 Å². The van der Waals surface area contributed by atoms with Crippen molar-refractivity contribution in [3.63, 3.8) is 0 Å². The number of nitrogens with two attached hydrogens (primary N) is 1. The zero-order valence-electron chi connectivity index (χ0n) is 13.6. The molecule has 0 bridgehead atoms. The van der Waals surface area contributed by atoms with Gasteiger partial charge >= 0.3 is 0 Å². The molecule has 1 unspecified atom stereocenters. The van der Waals surface area contributed by atoms with Crippen molar-refractivity contribution in [3.05, 3.63) is 24.3 Å². The second kappa shape index (κ2) is 8.67. The molecule has 118 valence electrons. The number of carbonyl (C=O) groups excluding carboxylic acids is 1. The highest BCUT2D eigenvalue weighted by molar-refractivity contribution is 5.92. The zero-order valence-corrected chi connectivity index (χ0v) is 13.6. The SMILES string of the molecule is CC(C)COc1cccc(NC(=O)C(CN)CC(C)C)c1. The molecule has 0 aliphatic carbocycles. The lowest BCUT2D eigenvalue weighted by molar-refractivity contribution is -0.120. The van der Waals surface area contributed by atoms with E-state index >= 15 is 0 Å². The first kappa shape index (κ1) is 17.5. The maximum Gasteiger partial charge on any atom is 0.228 e. The highest BCUT2D eigenvalue weighted by atomic mass is 16.5. The molecule has 1 atom stereocenters. The fraction of sp³-hybridized carbons (Fsp3) is 0.588. The topological polar surface area (TPSA) is 64.3 Å². The van der Waals surface area contributed by atoms with Gasteiger partial charge in [-0.1, -0.05) is 33.8 Å². The van der Waals surface area contributed by atoms with Gasteiger partial charge in [-0.25, -0.2) is 0 Å². The number of carbonyl (C=O) groups is 1. The minimum Gasteiger partial charge on any atom is -0.493 e. The summed E-state index contributed by atoms with van der Waals surface area (Å²) in [5.74, 6) is 1.52. The third-order valence-electron chi connectivity index (χ3n) is 3.10. The van der Waals surface area contributed by atoms with Crippen molar-refractivity contribution in [2.75, 3.05) is 18.5 Å². The summed E-state index contributed by atoms with van der Waals surface area (Å²) in [5.41, 5.74) is 6.45. The first-order valence-corrected chi connectivity index (χ1v) is 7.66. The van der Waals surface area contributed by atoms with Crippen LogP contribution in [0.2, 0.25) is 0 Å². The number of rotatable bonds is 8.